The zero-order chi connectivity index (χ0) is 16.4. The summed E-state index contributed by atoms with van der Waals surface area (Å²) >= 11 is 0. The number of benzene rings is 1. The van der Waals surface area contributed by atoms with E-state index < -0.39 is 24.7 Å². The minimum absolute atomic E-state index is 0.342. The van der Waals surface area contributed by atoms with Crippen LogP contribution in [0.25, 0.3) is 0 Å². The molecule has 1 heterocycles. The summed E-state index contributed by atoms with van der Waals surface area (Å²) in [6, 6.07) is 9.41. The molecule has 0 radical (unpaired) electrons. The number of hydrogen-bond donors (Lipinski definition) is 1. The van der Waals surface area contributed by atoms with E-state index in [1.54, 1.807) is 0 Å². The average Bonchev–Trinajstić information content (AvgIpc) is 3.37. The van der Waals surface area contributed by atoms with E-state index in [0.717, 1.165) is 18.4 Å². The summed E-state index contributed by atoms with van der Waals surface area (Å²) in [6.45, 7) is -0.298. The van der Waals surface area contributed by atoms with Crippen molar-refractivity contribution in [2.24, 2.45) is 0 Å². The molecule has 23 heavy (non-hydrogen) atoms. The molecule has 126 valence electrons. The quantitative estimate of drug-likeness (QED) is 0.922. The van der Waals surface area contributed by atoms with E-state index in [0.29, 0.717) is 19.2 Å². The number of amides is 1. The van der Waals surface area contributed by atoms with Gasteiger partial charge in [-0.2, -0.15) is 13.2 Å². The summed E-state index contributed by atoms with van der Waals surface area (Å²) < 4.78 is 42.6. The molecule has 4 nitrogen and oxygen atoms in total. The third-order valence-corrected chi connectivity index (χ3v) is 4.17. The van der Waals surface area contributed by atoms with Gasteiger partial charge < -0.3 is 10.1 Å². The lowest BCUT2D eigenvalue weighted by molar-refractivity contribution is -0.155. The van der Waals surface area contributed by atoms with Gasteiger partial charge in [0.25, 0.3) is 5.91 Å². The Morgan fingerprint density at radius 3 is 2.57 bits per heavy atom. The van der Waals surface area contributed by atoms with Gasteiger partial charge in [0.1, 0.15) is 6.54 Å². The number of carbonyl (C=O) groups excluding carboxylic acids is 1. The minimum atomic E-state index is -4.43. The molecule has 1 aromatic rings. The van der Waals surface area contributed by atoms with Gasteiger partial charge in [0.05, 0.1) is 12.6 Å². The number of rotatable bonds is 4. The van der Waals surface area contributed by atoms with Crippen LogP contribution in [0.15, 0.2) is 30.3 Å². The van der Waals surface area contributed by atoms with Gasteiger partial charge in [-0.15, -0.1) is 0 Å². The van der Waals surface area contributed by atoms with E-state index in [-0.39, 0.29) is 6.04 Å². The SMILES string of the molecule is O=C(NCC(F)(F)F)[C@@H]1OCCN(C2CC2)[C@H]1c1ccccc1. The summed E-state index contributed by atoms with van der Waals surface area (Å²) in [5.41, 5.74) is 0.895. The first-order chi connectivity index (χ1) is 11.0. The van der Waals surface area contributed by atoms with Crippen LogP contribution >= 0.6 is 0 Å². The van der Waals surface area contributed by atoms with Crippen molar-refractivity contribution in [2.75, 3.05) is 19.7 Å². The molecule has 2 fully saturated rings. The highest BCUT2D eigenvalue weighted by Gasteiger charge is 2.44. The van der Waals surface area contributed by atoms with Crippen molar-refractivity contribution in [1.29, 1.82) is 0 Å². The topological polar surface area (TPSA) is 41.6 Å². The lowest BCUT2D eigenvalue weighted by atomic mass is 9.97. The molecule has 1 aliphatic heterocycles. The van der Waals surface area contributed by atoms with Crippen LogP contribution in [-0.2, 0) is 9.53 Å². The van der Waals surface area contributed by atoms with Crippen molar-refractivity contribution >= 4 is 5.91 Å². The molecule has 1 aromatic carbocycles. The zero-order valence-corrected chi connectivity index (χ0v) is 12.6. The number of nitrogens with one attached hydrogen (secondary N) is 1. The Kier molecular flexibility index (Phi) is 4.59. The Labute approximate surface area is 132 Å². The lowest BCUT2D eigenvalue weighted by Gasteiger charge is -2.41. The highest BCUT2D eigenvalue weighted by molar-refractivity contribution is 5.82. The number of alkyl halides is 3. The zero-order valence-electron chi connectivity index (χ0n) is 12.6. The second-order valence-corrected chi connectivity index (χ2v) is 5.95. The number of carbonyl (C=O) groups is 1. The van der Waals surface area contributed by atoms with Gasteiger partial charge in [-0.1, -0.05) is 30.3 Å². The van der Waals surface area contributed by atoms with Crippen LogP contribution in [0.1, 0.15) is 24.4 Å². The van der Waals surface area contributed by atoms with E-state index in [1.165, 1.54) is 0 Å². The number of hydrogen-bond acceptors (Lipinski definition) is 3. The second-order valence-electron chi connectivity index (χ2n) is 5.95. The third-order valence-electron chi connectivity index (χ3n) is 4.17. The van der Waals surface area contributed by atoms with Crippen molar-refractivity contribution in [2.45, 2.75) is 37.2 Å². The fourth-order valence-corrected chi connectivity index (χ4v) is 3.03. The van der Waals surface area contributed by atoms with Gasteiger partial charge in [-0.05, 0) is 18.4 Å². The number of morpholine rings is 1. The highest BCUT2D eigenvalue weighted by atomic mass is 19.4. The number of halogens is 3. The van der Waals surface area contributed by atoms with Crippen molar-refractivity contribution in [1.82, 2.24) is 10.2 Å². The van der Waals surface area contributed by atoms with Crippen LogP contribution in [0.2, 0.25) is 0 Å². The second kappa shape index (κ2) is 6.49. The fraction of sp³-hybridized carbons (Fsp3) is 0.562. The Morgan fingerprint density at radius 2 is 1.96 bits per heavy atom. The molecule has 1 N–H and O–H groups in total. The van der Waals surface area contributed by atoms with Crippen LogP contribution < -0.4 is 5.32 Å². The van der Waals surface area contributed by atoms with E-state index >= 15 is 0 Å². The number of ether oxygens (including phenoxy) is 1. The van der Waals surface area contributed by atoms with Crippen molar-refractivity contribution in [3.05, 3.63) is 35.9 Å². The summed E-state index contributed by atoms with van der Waals surface area (Å²) in [5.74, 6) is -0.707. The third kappa shape index (κ3) is 4.03. The lowest BCUT2D eigenvalue weighted by Crippen LogP contribution is -2.53. The Morgan fingerprint density at radius 1 is 1.26 bits per heavy atom. The Hall–Kier alpha value is -1.60. The molecule has 2 aliphatic rings. The molecule has 1 saturated heterocycles. The highest BCUT2D eigenvalue weighted by Crippen LogP contribution is 2.38. The molecule has 0 spiro atoms. The average molecular weight is 328 g/mol. The van der Waals surface area contributed by atoms with Crippen LogP contribution in [-0.4, -0.2) is 48.8 Å². The van der Waals surface area contributed by atoms with Crippen LogP contribution in [0.5, 0.6) is 0 Å². The molecule has 0 aromatic heterocycles. The Balaban J connectivity index is 1.79. The molecule has 1 aliphatic carbocycles. The van der Waals surface area contributed by atoms with Crippen LogP contribution in [0, 0.1) is 0 Å². The standard InChI is InChI=1S/C16H19F3N2O2/c17-16(18,19)10-20-15(22)14-13(11-4-2-1-3-5-11)21(8-9-23-14)12-6-7-12/h1-5,12-14H,6-10H2,(H,20,22)/t13-,14+/m0/s1. The first-order valence-electron chi connectivity index (χ1n) is 7.72. The fourth-order valence-electron chi connectivity index (χ4n) is 3.03. The van der Waals surface area contributed by atoms with E-state index in [1.807, 2.05) is 35.6 Å². The predicted molar refractivity (Wildman–Crippen MR) is 77.7 cm³/mol. The van der Waals surface area contributed by atoms with Crippen molar-refractivity contribution in [3.63, 3.8) is 0 Å². The molecule has 3 rings (SSSR count). The maximum atomic E-state index is 12.4. The first kappa shape index (κ1) is 16.3. The van der Waals surface area contributed by atoms with Gasteiger partial charge in [0.15, 0.2) is 6.10 Å². The monoisotopic (exact) mass is 328 g/mol. The van der Waals surface area contributed by atoms with Crippen molar-refractivity contribution < 1.29 is 22.7 Å². The summed E-state index contributed by atoms with van der Waals surface area (Å²) in [5, 5.41) is 1.96. The Bertz CT molecular complexity index is 546. The van der Waals surface area contributed by atoms with Gasteiger partial charge in [0.2, 0.25) is 0 Å². The van der Waals surface area contributed by atoms with Crippen LogP contribution in [0.3, 0.4) is 0 Å². The first-order valence-corrected chi connectivity index (χ1v) is 7.72. The molecule has 0 bridgehead atoms. The number of nitrogens with zero attached hydrogens (tertiary/aromatic N) is 1. The minimum Gasteiger partial charge on any atom is -0.365 e. The van der Waals surface area contributed by atoms with E-state index in [2.05, 4.69) is 4.90 Å². The maximum Gasteiger partial charge on any atom is 0.405 e. The summed E-state index contributed by atoms with van der Waals surface area (Å²) in [4.78, 5) is 14.4. The molecule has 1 amide bonds. The van der Waals surface area contributed by atoms with Crippen molar-refractivity contribution in [3.8, 4) is 0 Å². The largest absolute Gasteiger partial charge is 0.405 e. The van der Waals surface area contributed by atoms with Crippen LogP contribution in [0.4, 0.5) is 13.2 Å². The predicted octanol–water partition coefficient (Wildman–Crippen LogP) is 2.27. The normalized spacial score (nSPS) is 26.0. The smallest absolute Gasteiger partial charge is 0.365 e. The van der Waals surface area contributed by atoms with Gasteiger partial charge >= 0.3 is 6.18 Å². The molecule has 0 unspecified atom stereocenters. The summed E-state index contributed by atoms with van der Waals surface area (Å²) in [7, 11) is 0. The maximum absolute atomic E-state index is 12.4. The molecular weight excluding hydrogens is 309 g/mol. The van der Waals surface area contributed by atoms with E-state index in [4.69, 9.17) is 4.74 Å². The van der Waals surface area contributed by atoms with Gasteiger partial charge in [-0.25, -0.2) is 0 Å². The molecule has 7 heteroatoms. The molecular formula is C16H19F3N2O2. The molecule has 1 saturated carbocycles. The molecule has 2 atom stereocenters. The summed E-state index contributed by atoms with van der Waals surface area (Å²) in [6.07, 6.45) is -3.24. The van der Waals surface area contributed by atoms with E-state index in [9.17, 15) is 18.0 Å². The van der Waals surface area contributed by atoms with Gasteiger partial charge in [-0.3, -0.25) is 9.69 Å². The van der Waals surface area contributed by atoms with Gasteiger partial charge in [0, 0.05) is 12.6 Å².